The number of allylic oxidation sites excluding steroid dienone is 2. The number of carbonyl (C=O) groups is 1. The van der Waals surface area contributed by atoms with Crippen LogP contribution in [-0.2, 0) is 11.8 Å². The van der Waals surface area contributed by atoms with Crippen molar-refractivity contribution in [2.75, 3.05) is 0 Å². The molecule has 1 heterocycles. The fourth-order valence-corrected chi connectivity index (χ4v) is 3.03. The van der Waals surface area contributed by atoms with Gasteiger partial charge in [0, 0.05) is 13.0 Å². The number of hydrogen-bond donors (Lipinski definition) is 1. The third-order valence-electron chi connectivity index (χ3n) is 4.15. The molecule has 1 aliphatic carbocycles. The number of carboxylic acid groups (broad SMARTS) is 1. The number of nitrogens with zero attached hydrogens (tertiary/aromatic N) is 2. The summed E-state index contributed by atoms with van der Waals surface area (Å²) in [4.78, 5) is 16.1. The van der Waals surface area contributed by atoms with Crippen LogP contribution < -0.4 is 0 Å². The first-order valence-electron chi connectivity index (χ1n) is 6.88. The number of aromatic nitrogens is 2. The quantitative estimate of drug-likeness (QED) is 0.853. The number of rotatable bonds is 2. The Morgan fingerprint density at radius 3 is 2.85 bits per heavy atom. The molecule has 0 amide bonds. The van der Waals surface area contributed by atoms with E-state index in [2.05, 4.69) is 18.2 Å². The molecule has 2 atom stereocenters. The normalized spacial score (nSPS) is 22.3. The first kappa shape index (κ1) is 12.9. The predicted molar refractivity (Wildman–Crippen MR) is 77.7 cm³/mol. The molecule has 0 aliphatic heterocycles. The summed E-state index contributed by atoms with van der Waals surface area (Å²) in [6.45, 7) is 2.04. The van der Waals surface area contributed by atoms with Crippen molar-refractivity contribution >= 4 is 17.0 Å². The van der Waals surface area contributed by atoms with Crippen LogP contribution >= 0.6 is 0 Å². The van der Waals surface area contributed by atoms with E-state index in [0.29, 0.717) is 6.42 Å². The number of imidazole rings is 1. The molecule has 1 aromatic heterocycles. The van der Waals surface area contributed by atoms with Gasteiger partial charge in [0.05, 0.1) is 17.0 Å². The van der Waals surface area contributed by atoms with E-state index in [0.717, 1.165) is 23.3 Å². The average Bonchev–Trinajstić information content (AvgIpc) is 2.75. The Morgan fingerprint density at radius 1 is 1.35 bits per heavy atom. The summed E-state index contributed by atoms with van der Waals surface area (Å²) >= 11 is 0. The first-order valence-corrected chi connectivity index (χ1v) is 6.88. The number of hydrogen-bond acceptors (Lipinski definition) is 2. The van der Waals surface area contributed by atoms with Gasteiger partial charge in [0.1, 0.15) is 5.82 Å². The third kappa shape index (κ3) is 2.01. The van der Waals surface area contributed by atoms with Crippen LogP contribution in [0.5, 0.6) is 0 Å². The van der Waals surface area contributed by atoms with Crippen LogP contribution in [0.1, 0.15) is 30.1 Å². The molecule has 0 spiro atoms. The highest BCUT2D eigenvalue weighted by Crippen LogP contribution is 2.35. The van der Waals surface area contributed by atoms with Gasteiger partial charge in [0.15, 0.2) is 0 Å². The minimum absolute atomic E-state index is 0.0461. The lowest BCUT2D eigenvalue weighted by atomic mass is 9.82. The van der Waals surface area contributed by atoms with E-state index in [1.54, 1.807) is 0 Å². The first-order chi connectivity index (χ1) is 9.58. The van der Waals surface area contributed by atoms with Crippen molar-refractivity contribution in [3.05, 3.63) is 41.7 Å². The van der Waals surface area contributed by atoms with Gasteiger partial charge in [0.25, 0.3) is 0 Å². The third-order valence-corrected chi connectivity index (χ3v) is 4.15. The molecule has 104 valence electrons. The molecular formula is C16H18N2O2. The van der Waals surface area contributed by atoms with Crippen molar-refractivity contribution in [3.63, 3.8) is 0 Å². The lowest BCUT2D eigenvalue weighted by Gasteiger charge is -2.24. The Labute approximate surface area is 117 Å². The highest BCUT2D eigenvalue weighted by molar-refractivity contribution is 5.77. The van der Waals surface area contributed by atoms with Crippen LogP contribution in [0, 0.1) is 12.8 Å². The van der Waals surface area contributed by atoms with Crippen LogP contribution in [-0.4, -0.2) is 20.6 Å². The van der Waals surface area contributed by atoms with E-state index >= 15 is 0 Å². The summed E-state index contributed by atoms with van der Waals surface area (Å²) in [6, 6.07) is 6.16. The van der Waals surface area contributed by atoms with E-state index in [1.165, 1.54) is 5.56 Å². The molecule has 4 nitrogen and oxygen atoms in total. The van der Waals surface area contributed by atoms with Gasteiger partial charge in [-0.1, -0.05) is 18.2 Å². The summed E-state index contributed by atoms with van der Waals surface area (Å²) in [7, 11) is 1.97. The molecule has 20 heavy (non-hydrogen) atoms. The van der Waals surface area contributed by atoms with Gasteiger partial charge in [-0.15, -0.1) is 0 Å². The number of fused-ring (bicyclic) bond motifs is 1. The van der Waals surface area contributed by atoms with Crippen molar-refractivity contribution in [3.8, 4) is 0 Å². The molecule has 4 heteroatoms. The van der Waals surface area contributed by atoms with Gasteiger partial charge in [-0.25, -0.2) is 4.98 Å². The second-order valence-electron chi connectivity index (χ2n) is 5.52. The maximum Gasteiger partial charge on any atom is 0.307 e. The second kappa shape index (κ2) is 4.78. The summed E-state index contributed by atoms with van der Waals surface area (Å²) in [6.07, 6.45) is 5.35. The zero-order chi connectivity index (χ0) is 14.3. The van der Waals surface area contributed by atoms with Gasteiger partial charge in [0.2, 0.25) is 0 Å². The number of aliphatic carboxylic acids is 1. The molecule has 3 rings (SSSR count). The zero-order valence-corrected chi connectivity index (χ0v) is 11.7. The Balaban J connectivity index is 2.11. The molecule has 0 saturated carbocycles. The van der Waals surface area contributed by atoms with Gasteiger partial charge in [-0.3, -0.25) is 4.79 Å². The Morgan fingerprint density at radius 2 is 2.10 bits per heavy atom. The van der Waals surface area contributed by atoms with Gasteiger partial charge in [-0.05, 0) is 37.5 Å². The fourth-order valence-electron chi connectivity index (χ4n) is 3.03. The minimum atomic E-state index is -0.734. The standard InChI is InChI=1S/C16H18N2O2/c1-10-7-8-14-13(9-10)17-15(18(14)2)11-5-3-4-6-12(11)16(19)20/h3-4,7-9,11-12H,5-6H2,1-2H3,(H,19,20). The summed E-state index contributed by atoms with van der Waals surface area (Å²) in [5.41, 5.74) is 3.17. The molecule has 2 aromatic rings. The Kier molecular flexibility index (Phi) is 3.08. The van der Waals surface area contributed by atoms with Crippen LogP contribution in [0.2, 0.25) is 0 Å². The number of benzene rings is 1. The summed E-state index contributed by atoms with van der Waals surface area (Å²) < 4.78 is 2.04. The van der Waals surface area contributed by atoms with Crippen molar-refractivity contribution in [2.24, 2.45) is 13.0 Å². The monoisotopic (exact) mass is 270 g/mol. The van der Waals surface area contributed by atoms with Crippen LogP contribution in [0.15, 0.2) is 30.4 Å². The molecule has 1 N–H and O–H groups in total. The van der Waals surface area contributed by atoms with Gasteiger partial charge in [-0.2, -0.15) is 0 Å². The Bertz CT molecular complexity index is 700. The number of aryl methyl sites for hydroxylation is 2. The second-order valence-corrected chi connectivity index (χ2v) is 5.52. The van der Waals surface area contributed by atoms with Crippen molar-refractivity contribution in [1.82, 2.24) is 9.55 Å². The minimum Gasteiger partial charge on any atom is -0.481 e. The van der Waals surface area contributed by atoms with E-state index in [1.807, 2.05) is 30.7 Å². The molecular weight excluding hydrogens is 252 g/mol. The predicted octanol–water partition coefficient (Wildman–Crippen LogP) is 3.02. The van der Waals surface area contributed by atoms with Crippen LogP contribution in [0.3, 0.4) is 0 Å². The lowest BCUT2D eigenvalue weighted by Crippen LogP contribution is -2.25. The molecule has 0 saturated heterocycles. The van der Waals surface area contributed by atoms with Crippen molar-refractivity contribution < 1.29 is 9.90 Å². The average molecular weight is 270 g/mol. The Hall–Kier alpha value is -2.10. The van der Waals surface area contributed by atoms with E-state index in [4.69, 9.17) is 4.98 Å². The van der Waals surface area contributed by atoms with Crippen molar-refractivity contribution in [1.29, 1.82) is 0 Å². The van der Waals surface area contributed by atoms with Crippen molar-refractivity contribution in [2.45, 2.75) is 25.7 Å². The topological polar surface area (TPSA) is 55.1 Å². The SMILES string of the molecule is Cc1ccc2c(c1)nc(C1CC=CCC1C(=O)O)n2C. The molecule has 1 aromatic carbocycles. The maximum atomic E-state index is 11.4. The van der Waals surface area contributed by atoms with E-state index in [-0.39, 0.29) is 11.8 Å². The smallest absolute Gasteiger partial charge is 0.307 e. The highest BCUT2D eigenvalue weighted by Gasteiger charge is 2.32. The molecule has 0 radical (unpaired) electrons. The molecule has 1 aliphatic rings. The van der Waals surface area contributed by atoms with E-state index < -0.39 is 5.97 Å². The molecule has 0 bridgehead atoms. The molecule has 2 unspecified atom stereocenters. The van der Waals surface area contributed by atoms with E-state index in [9.17, 15) is 9.90 Å². The zero-order valence-electron chi connectivity index (χ0n) is 11.7. The maximum absolute atomic E-state index is 11.4. The number of carboxylic acids is 1. The fraction of sp³-hybridized carbons (Fsp3) is 0.375. The van der Waals surface area contributed by atoms with Gasteiger partial charge >= 0.3 is 5.97 Å². The largest absolute Gasteiger partial charge is 0.481 e. The highest BCUT2D eigenvalue weighted by atomic mass is 16.4. The van der Waals surface area contributed by atoms with Gasteiger partial charge < -0.3 is 9.67 Å². The molecule has 0 fully saturated rings. The van der Waals surface area contributed by atoms with Crippen LogP contribution in [0.4, 0.5) is 0 Å². The summed E-state index contributed by atoms with van der Waals surface area (Å²) in [5, 5.41) is 9.41. The summed E-state index contributed by atoms with van der Waals surface area (Å²) in [5.74, 6) is -0.281. The van der Waals surface area contributed by atoms with Crippen LogP contribution in [0.25, 0.3) is 11.0 Å². The lowest BCUT2D eigenvalue weighted by molar-refractivity contribution is -0.142.